The summed E-state index contributed by atoms with van der Waals surface area (Å²) in [6, 6.07) is 1.03. The lowest BCUT2D eigenvalue weighted by molar-refractivity contribution is -0.127. The maximum Gasteiger partial charge on any atom is 0.136 e. The van der Waals surface area contributed by atoms with Crippen LogP contribution in [0.5, 0.6) is 0 Å². The highest BCUT2D eigenvalue weighted by molar-refractivity contribution is 5.80. The largest absolute Gasteiger partial charge is 0.336 e. The molecule has 4 heteroatoms. The number of ketones is 1. The molecule has 2 unspecified atom stereocenters. The minimum atomic E-state index is 0.471. The van der Waals surface area contributed by atoms with Crippen LogP contribution in [0.2, 0.25) is 0 Å². The fourth-order valence-electron chi connectivity index (χ4n) is 3.28. The molecule has 0 aliphatic carbocycles. The van der Waals surface area contributed by atoms with Crippen molar-refractivity contribution in [3.8, 4) is 0 Å². The van der Waals surface area contributed by atoms with E-state index in [-0.39, 0.29) is 0 Å². The van der Waals surface area contributed by atoms with Gasteiger partial charge in [0, 0.05) is 50.4 Å². The summed E-state index contributed by atoms with van der Waals surface area (Å²) in [6.45, 7) is 2.04. The SMILES string of the molecule is O=C1CC2CCCC(C1)N2CCn1ccnc1. The molecule has 1 aromatic rings. The Hall–Kier alpha value is -1.16. The Bertz CT molecular complexity index is 371. The average molecular weight is 233 g/mol. The number of nitrogens with zero attached hydrogens (tertiary/aromatic N) is 3. The van der Waals surface area contributed by atoms with Gasteiger partial charge >= 0.3 is 0 Å². The van der Waals surface area contributed by atoms with Crippen LogP contribution in [0.3, 0.4) is 0 Å². The van der Waals surface area contributed by atoms with Gasteiger partial charge in [-0.3, -0.25) is 9.69 Å². The van der Waals surface area contributed by atoms with E-state index in [2.05, 4.69) is 14.5 Å². The van der Waals surface area contributed by atoms with Gasteiger partial charge in [0.1, 0.15) is 5.78 Å². The molecule has 2 aliphatic heterocycles. The van der Waals surface area contributed by atoms with E-state index in [1.54, 1.807) is 0 Å². The summed E-state index contributed by atoms with van der Waals surface area (Å²) < 4.78 is 2.12. The molecule has 2 atom stereocenters. The lowest BCUT2D eigenvalue weighted by atomic mass is 9.84. The zero-order valence-corrected chi connectivity index (χ0v) is 10.1. The van der Waals surface area contributed by atoms with Crippen LogP contribution in [0, 0.1) is 0 Å². The van der Waals surface area contributed by atoms with E-state index in [4.69, 9.17) is 0 Å². The summed E-state index contributed by atoms with van der Waals surface area (Å²) >= 11 is 0. The minimum absolute atomic E-state index is 0.471. The Labute approximate surface area is 102 Å². The second-order valence-electron chi connectivity index (χ2n) is 5.22. The predicted molar refractivity (Wildman–Crippen MR) is 64.6 cm³/mol. The molecule has 2 fully saturated rings. The number of rotatable bonds is 3. The third kappa shape index (κ3) is 2.27. The third-order valence-electron chi connectivity index (χ3n) is 4.11. The Kier molecular flexibility index (Phi) is 2.97. The number of piperidine rings is 2. The van der Waals surface area contributed by atoms with Gasteiger partial charge in [0.2, 0.25) is 0 Å². The Balaban J connectivity index is 1.64. The number of Topliss-reactive ketones (excluding diaryl/α,β-unsaturated/α-hetero) is 1. The highest BCUT2D eigenvalue weighted by Gasteiger charge is 2.36. The monoisotopic (exact) mass is 233 g/mol. The van der Waals surface area contributed by atoms with Gasteiger partial charge in [-0.05, 0) is 12.8 Å². The van der Waals surface area contributed by atoms with Crippen LogP contribution in [0.4, 0.5) is 0 Å². The Morgan fingerprint density at radius 1 is 1.24 bits per heavy atom. The molecule has 17 heavy (non-hydrogen) atoms. The number of carbonyl (C=O) groups excluding carboxylic acids is 1. The molecule has 0 saturated carbocycles. The molecule has 2 bridgehead atoms. The Morgan fingerprint density at radius 2 is 2.00 bits per heavy atom. The number of fused-ring (bicyclic) bond motifs is 2. The van der Waals surface area contributed by atoms with Crippen LogP contribution in [-0.4, -0.2) is 38.9 Å². The second kappa shape index (κ2) is 4.61. The quantitative estimate of drug-likeness (QED) is 0.793. The average Bonchev–Trinajstić information content (AvgIpc) is 2.79. The number of hydrogen-bond acceptors (Lipinski definition) is 3. The summed E-state index contributed by atoms with van der Waals surface area (Å²) in [5.74, 6) is 0.471. The number of aromatic nitrogens is 2. The molecule has 0 N–H and O–H groups in total. The van der Waals surface area contributed by atoms with Gasteiger partial charge in [-0.25, -0.2) is 4.98 Å². The van der Waals surface area contributed by atoms with Crippen molar-refractivity contribution in [3.63, 3.8) is 0 Å². The smallest absolute Gasteiger partial charge is 0.136 e. The molecule has 0 amide bonds. The van der Waals surface area contributed by atoms with Gasteiger partial charge in [-0.15, -0.1) is 0 Å². The van der Waals surface area contributed by atoms with Crippen LogP contribution >= 0.6 is 0 Å². The highest BCUT2D eigenvalue weighted by atomic mass is 16.1. The molecule has 4 nitrogen and oxygen atoms in total. The lowest BCUT2D eigenvalue weighted by Crippen LogP contribution is -2.53. The van der Waals surface area contributed by atoms with Crippen molar-refractivity contribution >= 4 is 5.78 Å². The van der Waals surface area contributed by atoms with Gasteiger partial charge in [0.25, 0.3) is 0 Å². The van der Waals surface area contributed by atoms with E-state index in [9.17, 15) is 4.79 Å². The Morgan fingerprint density at radius 3 is 2.65 bits per heavy atom. The first-order valence-corrected chi connectivity index (χ1v) is 6.56. The van der Waals surface area contributed by atoms with Crippen molar-refractivity contribution in [2.75, 3.05) is 6.54 Å². The molecule has 2 aliphatic rings. The highest BCUT2D eigenvalue weighted by Crippen LogP contribution is 2.31. The van der Waals surface area contributed by atoms with Gasteiger partial charge in [0.15, 0.2) is 0 Å². The summed E-state index contributed by atoms with van der Waals surface area (Å²) in [4.78, 5) is 18.2. The number of carbonyl (C=O) groups is 1. The minimum Gasteiger partial charge on any atom is -0.336 e. The lowest BCUT2D eigenvalue weighted by Gasteiger charge is -2.45. The zero-order valence-electron chi connectivity index (χ0n) is 10.1. The van der Waals surface area contributed by atoms with Crippen LogP contribution in [0.15, 0.2) is 18.7 Å². The van der Waals surface area contributed by atoms with Crippen molar-refractivity contribution in [2.24, 2.45) is 0 Å². The standard InChI is InChI=1S/C13H19N3O/c17-13-8-11-2-1-3-12(9-13)16(11)7-6-15-5-4-14-10-15/h4-5,10-12H,1-3,6-9H2. The predicted octanol–water partition coefficient (Wildman–Crippen LogP) is 1.47. The van der Waals surface area contributed by atoms with Crippen molar-refractivity contribution in [3.05, 3.63) is 18.7 Å². The van der Waals surface area contributed by atoms with Gasteiger partial charge in [-0.2, -0.15) is 0 Å². The fraction of sp³-hybridized carbons (Fsp3) is 0.692. The molecular formula is C13H19N3O. The zero-order chi connectivity index (χ0) is 11.7. The summed E-state index contributed by atoms with van der Waals surface area (Å²) in [7, 11) is 0. The van der Waals surface area contributed by atoms with E-state index >= 15 is 0 Å². The normalized spacial score (nSPS) is 29.5. The fourth-order valence-corrected chi connectivity index (χ4v) is 3.28. The van der Waals surface area contributed by atoms with E-state index in [1.165, 1.54) is 19.3 Å². The third-order valence-corrected chi connectivity index (χ3v) is 4.11. The van der Waals surface area contributed by atoms with Crippen LogP contribution < -0.4 is 0 Å². The molecule has 92 valence electrons. The molecule has 0 aromatic carbocycles. The first-order valence-electron chi connectivity index (χ1n) is 6.56. The summed E-state index contributed by atoms with van der Waals surface area (Å²) in [6.07, 6.45) is 10.9. The van der Waals surface area contributed by atoms with Crippen LogP contribution in [0.1, 0.15) is 32.1 Å². The van der Waals surface area contributed by atoms with Crippen LogP contribution in [0.25, 0.3) is 0 Å². The topological polar surface area (TPSA) is 38.1 Å². The maximum atomic E-state index is 11.6. The van der Waals surface area contributed by atoms with Crippen molar-refractivity contribution in [1.29, 1.82) is 0 Å². The molecular weight excluding hydrogens is 214 g/mol. The molecule has 1 aromatic heterocycles. The van der Waals surface area contributed by atoms with Crippen molar-refractivity contribution < 1.29 is 4.79 Å². The summed E-state index contributed by atoms with van der Waals surface area (Å²) in [5, 5.41) is 0. The van der Waals surface area contributed by atoms with E-state index in [0.29, 0.717) is 17.9 Å². The molecule has 0 spiro atoms. The molecule has 2 saturated heterocycles. The molecule has 0 radical (unpaired) electrons. The molecule has 3 rings (SSSR count). The van der Waals surface area contributed by atoms with E-state index in [1.807, 2.05) is 18.7 Å². The van der Waals surface area contributed by atoms with Crippen molar-refractivity contribution in [2.45, 2.75) is 50.7 Å². The maximum absolute atomic E-state index is 11.6. The molecule has 3 heterocycles. The van der Waals surface area contributed by atoms with Gasteiger partial charge < -0.3 is 4.57 Å². The summed E-state index contributed by atoms with van der Waals surface area (Å²) in [5.41, 5.74) is 0. The van der Waals surface area contributed by atoms with E-state index in [0.717, 1.165) is 25.9 Å². The van der Waals surface area contributed by atoms with Crippen LogP contribution in [-0.2, 0) is 11.3 Å². The number of imidazole rings is 1. The first kappa shape index (κ1) is 11.0. The van der Waals surface area contributed by atoms with Crippen molar-refractivity contribution in [1.82, 2.24) is 14.5 Å². The van der Waals surface area contributed by atoms with E-state index < -0.39 is 0 Å². The first-order chi connectivity index (χ1) is 8.33. The number of hydrogen-bond donors (Lipinski definition) is 0. The van der Waals surface area contributed by atoms with Gasteiger partial charge in [-0.1, -0.05) is 6.42 Å². The second-order valence-corrected chi connectivity index (χ2v) is 5.22. The van der Waals surface area contributed by atoms with Gasteiger partial charge in [0.05, 0.1) is 6.33 Å².